The fourth-order valence-electron chi connectivity index (χ4n) is 3.01. The van der Waals surface area contributed by atoms with Crippen molar-refractivity contribution in [2.24, 2.45) is 0 Å². The highest BCUT2D eigenvalue weighted by molar-refractivity contribution is 5.97. The number of carboxylic acid groups (broad SMARTS) is 1. The van der Waals surface area contributed by atoms with Crippen molar-refractivity contribution in [3.8, 4) is 0 Å². The Kier molecular flexibility index (Phi) is 4.74. The molecular weight excluding hydrogens is 322 g/mol. The molecule has 0 radical (unpaired) electrons. The standard InChI is InChI=1S/C18H21N3O4/c1-12(2)15-19-14(17(22)23)16-20(15)9-6-10-21(16)18(24)25-11-13-7-4-3-5-8-13/h3-5,7-8,12H,6,9-11H2,1-2H3,(H,22,23). The van der Waals surface area contributed by atoms with Crippen molar-refractivity contribution in [1.29, 1.82) is 0 Å². The number of fused-ring (bicyclic) bond motifs is 1. The number of anilines is 1. The average molecular weight is 343 g/mol. The number of hydrogen-bond acceptors (Lipinski definition) is 4. The van der Waals surface area contributed by atoms with Crippen molar-refractivity contribution in [3.63, 3.8) is 0 Å². The number of hydrogen-bond donors (Lipinski definition) is 1. The lowest BCUT2D eigenvalue weighted by atomic mass is 10.2. The van der Waals surface area contributed by atoms with Gasteiger partial charge in [0.05, 0.1) is 0 Å². The molecule has 0 atom stereocenters. The van der Waals surface area contributed by atoms with E-state index in [1.807, 2.05) is 48.7 Å². The van der Waals surface area contributed by atoms with E-state index < -0.39 is 12.1 Å². The summed E-state index contributed by atoms with van der Waals surface area (Å²) in [5.41, 5.74) is 0.780. The topological polar surface area (TPSA) is 84.7 Å². The number of benzene rings is 1. The van der Waals surface area contributed by atoms with Crippen LogP contribution in [0.25, 0.3) is 0 Å². The predicted octanol–water partition coefficient (Wildman–Crippen LogP) is 3.25. The molecule has 0 saturated carbocycles. The second-order valence-electron chi connectivity index (χ2n) is 6.30. The van der Waals surface area contributed by atoms with E-state index in [9.17, 15) is 14.7 Å². The third kappa shape index (κ3) is 3.35. The van der Waals surface area contributed by atoms with Crippen molar-refractivity contribution in [3.05, 3.63) is 47.4 Å². The van der Waals surface area contributed by atoms with Crippen LogP contribution in [0, 0.1) is 0 Å². The summed E-state index contributed by atoms with van der Waals surface area (Å²) in [5.74, 6) is -0.0842. The van der Waals surface area contributed by atoms with Gasteiger partial charge in [0, 0.05) is 19.0 Å². The number of amides is 1. The van der Waals surface area contributed by atoms with Gasteiger partial charge in [-0.05, 0) is 12.0 Å². The maximum atomic E-state index is 12.6. The van der Waals surface area contributed by atoms with Gasteiger partial charge in [-0.15, -0.1) is 0 Å². The SMILES string of the molecule is CC(C)c1nc(C(=O)O)c2n1CCCN2C(=O)OCc1ccccc1. The highest BCUT2D eigenvalue weighted by Gasteiger charge is 2.33. The molecule has 3 rings (SSSR count). The van der Waals surface area contributed by atoms with Gasteiger partial charge in [-0.1, -0.05) is 44.2 Å². The number of rotatable bonds is 4. The summed E-state index contributed by atoms with van der Waals surface area (Å²) in [6, 6.07) is 9.37. The maximum Gasteiger partial charge on any atom is 0.415 e. The van der Waals surface area contributed by atoms with Crippen molar-refractivity contribution < 1.29 is 19.4 Å². The Morgan fingerprint density at radius 3 is 2.60 bits per heavy atom. The molecule has 0 saturated heterocycles. The maximum absolute atomic E-state index is 12.6. The minimum atomic E-state index is -1.14. The summed E-state index contributed by atoms with van der Waals surface area (Å²) >= 11 is 0. The molecule has 1 aromatic carbocycles. The molecule has 7 nitrogen and oxygen atoms in total. The molecule has 1 N–H and O–H groups in total. The van der Waals surface area contributed by atoms with Gasteiger partial charge in [-0.25, -0.2) is 14.6 Å². The lowest BCUT2D eigenvalue weighted by molar-refractivity contribution is 0.0691. The number of carbonyl (C=O) groups excluding carboxylic acids is 1. The van der Waals surface area contributed by atoms with Crippen molar-refractivity contribution in [1.82, 2.24) is 9.55 Å². The second-order valence-corrected chi connectivity index (χ2v) is 6.30. The molecule has 2 heterocycles. The van der Waals surface area contributed by atoms with Gasteiger partial charge in [0.2, 0.25) is 0 Å². The fraction of sp³-hybridized carbons (Fsp3) is 0.389. The Hall–Kier alpha value is -2.83. The van der Waals surface area contributed by atoms with Crippen LogP contribution in [0.2, 0.25) is 0 Å². The summed E-state index contributed by atoms with van der Waals surface area (Å²) in [5, 5.41) is 9.49. The molecule has 1 aliphatic heterocycles. The molecule has 25 heavy (non-hydrogen) atoms. The Morgan fingerprint density at radius 2 is 1.96 bits per heavy atom. The van der Waals surface area contributed by atoms with Crippen LogP contribution >= 0.6 is 0 Å². The van der Waals surface area contributed by atoms with Gasteiger partial charge in [0.1, 0.15) is 12.4 Å². The highest BCUT2D eigenvalue weighted by atomic mass is 16.6. The van der Waals surface area contributed by atoms with Crippen LogP contribution in [0.3, 0.4) is 0 Å². The van der Waals surface area contributed by atoms with E-state index >= 15 is 0 Å². The molecule has 0 bridgehead atoms. The number of carbonyl (C=O) groups is 2. The minimum absolute atomic E-state index is 0.0622. The molecule has 0 spiro atoms. The number of carboxylic acids is 1. The molecule has 0 aliphatic carbocycles. The molecule has 0 fully saturated rings. The summed E-state index contributed by atoms with van der Waals surface area (Å²) < 4.78 is 7.20. The summed E-state index contributed by atoms with van der Waals surface area (Å²) in [4.78, 5) is 29.8. The summed E-state index contributed by atoms with van der Waals surface area (Å²) in [6.07, 6.45) is 0.172. The quantitative estimate of drug-likeness (QED) is 0.921. The number of aromatic carboxylic acids is 1. The van der Waals surface area contributed by atoms with Gasteiger partial charge >= 0.3 is 12.1 Å². The molecular formula is C18H21N3O4. The zero-order chi connectivity index (χ0) is 18.0. The predicted molar refractivity (Wildman–Crippen MR) is 91.9 cm³/mol. The zero-order valence-electron chi connectivity index (χ0n) is 14.3. The molecule has 7 heteroatoms. The van der Waals surface area contributed by atoms with E-state index in [4.69, 9.17) is 4.74 Å². The minimum Gasteiger partial charge on any atom is -0.476 e. The van der Waals surface area contributed by atoms with E-state index in [-0.39, 0.29) is 18.2 Å². The van der Waals surface area contributed by atoms with Crippen molar-refractivity contribution >= 4 is 17.9 Å². The first-order valence-corrected chi connectivity index (χ1v) is 8.31. The van der Waals surface area contributed by atoms with E-state index in [2.05, 4.69) is 4.98 Å². The normalized spacial score (nSPS) is 13.6. The molecule has 1 aliphatic rings. The van der Waals surface area contributed by atoms with E-state index in [1.54, 1.807) is 0 Å². The van der Waals surface area contributed by atoms with E-state index in [1.165, 1.54) is 4.90 Å². The van der Waals surface area contributed by atoms with Crippen LogP contribution in [0.4, 0.5) is 10.6 Å². The Labute approximate surface area is 145 Å². The van der Waals surface area contributed by atoms with Gasteiger partial charge in [0.25, 0.3) is 0 Å². The van der Waals surface area contributed by atoms with Crippen LogP contribution in [-0.2, 0) is 17.9 Å². The smallest absolute Gasteiger partial charge is 0.415 e. The zero-order valence-corrected chi connectivity index (χ0v) is 14.3. The Bertz CT molecular complexity index is 783. The van der Waals surface area contributed by atoms with Gasteiger partial charge < -0.3 is 14.4 Å². The monoisotopic (exact) mass is 343 g/mol. The molecule has 1 amide bonds. The number of imidazole rings is 1. The molecule has 132 valence electrons. The first-order chi connectivity index (χ1) is 12.0. The first-order valence-electron chi connectivity index (χ1n) is 8.31. The lowest BCUT2D eigenvalue weighted by Gasteiger charge is -2.29. The van der Waals surface area contributed by atoms with Crippen LogP contribution in [0.1, 0.15) is 48.1 Å². The number of nitrogens with zero attached hydrogens (tertiary/aromatic N) is 3. The van der Waals surface area contributed by atoms with E-state index in [0.29, 0.717) is 24.7 Å². The Balaban J connectivity index is 1.87. The van der Waals surface area contributed by atoms with Crippen LogP contribution in [0.5, 0.6) is 0 Å². The van der Waals surface area contributed by atoms with Crippen molar-refractivity contribution in [2.75, 3.05) is 11.4 Å². The third-order valence-corrected chi connectivity index (χ3v) is 4.13. The van der Waals surface area contributed by atoms with Crippen LogP contribution in [0.15, 0.2) is 30.3 Å². The lowest BCUT2D eigenvalue weighted by Crippen LogP contribution is -2.39. The second kappa shape index (κ2) is 6.96. The summed E-state index contributed by atoms with van der Waals surface area (Å²) in [7, 11) is 0. The fourth-order valence-corrected chi connectivity index (χ4v) is 3.01. The van der Waals surface area contributed by atoms with Crippen molar-refractivity contribution in [2.45, 2.75) is 39.3 Å². The average Bonchev–Trinajstić information content (AvgIpc) is 3.01. The number of aromatic nitrogens is 2. The number of ether oxygens (including phenoxy) is 1. The van der Waals surface area contributed by atoms with Crippen LogP contribution in [-0.4, -0.2) is 33.3 Å². The highest BCUT2D eigenvalue weighted by Crippen LogP contribution is 2.31. The van der Waals surface area contributed by atoms with Crippen LogP contribution < -0.4 is 4.90 Å². The first kappa shape index (κ1) is 17.0. The summed E-state index contributed by atoms with van der Waals surface area (Å²) in [6.45, 7) is 5.11. The van der Waals surface area contributed by atoms with Gasteiger partial charge in [0.15, 0.2) is 11.5 Å². The molecule has 1 aromatic heterocycles. The molecule has 0 unspecified atom stereocenters. The third-order valence-electron chi connectivity index (χ3n) is 4.13. The Morgan fingerprint density at radius 1 is 1.24 bits per heavy atom. The van der Waals surface area contributed by atoms with E-state index in [0.717, 1.165) is 12.0 Å². The van der Waals surface area contributed by atoms with Gasteiger partial charge in [-0.2, -0.15) is 0 Å². The molecule has 2 aromatic rings. The largest absolute Gasteiger partial charge is 0.476 e. The van der Waals surface area contributed by atoms with Gasteiger partial charge in [-0.3, -0.25) is 4.90 Å².